The molecule has 0 saturated carbocycles. The first-order chi connectivity index (χ1) is 13.8. The summed E-state index contributed by atoms with van der Waals surface area (Å²) < 4.78 is 29.5. The third-order valence-electron chi connectivity index (χ3n) is 3.67. The highest BCUT2D eigenvalue weighted by Gasteiger charge is 2.15. The maximum Gasteiger partial charge on any atom is 0.339 e. The lowest BCUT2D eigenvalue weighted by molar-refractivity contribution is 0.0955. The van der Waals surface area contributed by atoms with Crippen LogP contribution < -0.4 is 9.61 Å². The minimum atomic E-state index is -3.90. The number of hydrogen-bond acceptors (Lipinski definition) is 5. The Bertz CT molecular complexity index is 1150. The Balaban J connectivity index is 1.62. The molecule has 0 radical (unpaired) electrons. The molecule has 1 N–H and O–H groups in total. The lowest BCUT2D eigenvalue weighted by atomic mass is 10.2. The highest BCUT2D eigenvalue weighted by atomic mass is 35.5. The van der Waals surface area contributed by atoms with Crippen LogP contribution in [0.3, 0.4) is 0 Å². The fourth-order valence-electron chi connectivity index (χ4n) is 2.27. The fourth-order valence-corrected chi connectivity index (χ4v) is 3.72. The predicted octanol–water partition coefficient (Wildman–Crippen LogP) is 4.53. The largest absolute Gasteiger partial charge is 0.379 e. The molecule has 0 atom stereocenters. The summed E-state index contributed by atoms with van der Waals surface area (Å²) in [7, 11) is -3.90. The summed E-state index contributed by atoms with van der Waals surface area (Å²) in [6, 6.07) is 18.5. The molecule has 148 valence electrons. The lowest BCUT2D eigenvalue weighted by Gasteiger charge is -2.07. The minimum absolute atomic E-state index is 0.0641. The highest BCUT2D eigenvalue weighted by molar-refractivity contribution is 7.87. The van der Waals surface area contributed by atoms with Gasteiger partial charge in [-0.2, -0.15) is 13.5 Å². The second-order valence-corrected chi connectivity index (χ2v) is 8.13. The first-order valence-corrected chi connectivity index (χ1v) is 10.4. The minimum Gasteiger partial charge on any atom is -0.379 e. The van der Waals surface area contributed by atoms with Crippen molar-refractivity contribution in [1.29, 1.82) is 0 Å². The molecule has 3 aromatic carbocycles. The number of nitrogens with zero attached hydrogens (tertiary/aromatic N) is 1. The van der Waals surface area contributed by atoms with Crippen LogP contribution in [-0.4, -0.2) is 20.5 Å². The zero-order valence-corrected chi connectivity index (χ0v) is 17.1. The predicted molar refractivity (Wildman–Crippen MR) is 112 cm³/mol. The molecular weight excluding hydrogens is 435 g/mol. The van der Waals surface area contributed by atoms with Crippen molar-refractivity contribution >= 4 is 45.4 Å². The van der Waals surface area contributed by atoms with Crippen molar-refractivity contribution in [2.24, 2.45) is 5.10 Å². The van der Waals surface area contributed by atoms with Crippen LogP contribution in [0.15, 0.2) is 82.8 Å². The Labute approximate surface area is 177 Å². The van der Waals surface area contributed by atoms with Gasteiger partial charge < -0.3 is 4.18 Å². The van der Waals surface area contributed by atoms with E-state index in [0.29, 0.717) is 10.6 Å². The highest BCUT2D eigenvalue weighted by Crippen LogP contribution is 2.21. The van der Waals surface area contributed by atoms with Gasteiger partial charge in [-0.15, -0.1) is 0 Å². The first kappa shape index (κ1) is 20.9. The molecule has 0 spiro atoms. The topological polar surface area (TPSA) is 84.8 Å². The van der Waals surface area contributed by atoms with Crippen LogP contribution in [0, 0.1) is 0 Å². The van der Waals surface area contributed by atoms with E-state index >= 15 is 0 Å². The average molecular weight is 449 g/mol. The first-order valence-electron chi connectivity index (χ1n) is 8.23. The number of carbonyl (C=O) groups is 1. The number of benzene rings is 3. The van der Waals surface area contributed by atoms with E-state index in [1.807, 2.05) is 0 Å². The second kappa shape index (κ2) is 9.09. The summed E-state index contributed by atoms with van der Waals surface area (Å²) in [6.07, 6.45) is 1.40. The molecule has 9 heteroatoms. The van der Waals surface area contributed by atoms with Crippen molar-refractivity contribution in [1.82, 2.24) is 5.43 Å². The molecule has 6 nitrogen and oxygen atoms in total. The Morgan fingerprint density at radius 1 is 0.966 bits per heavy atom. The maximum atomic E-state index is 12.2. The van der Waals surface area contributed by atoms with Crippen molar-refractivity contribution < 1.29 is 17.4 Å². The van der Waals surface area contributed by atoms with E-state index in [1.54, 1.807) is 36.4 Å². The molecule has 0 aliphatic rings. The van der Waals surface area contributed by atoms with Gasteiger partial charge in [0.15, 0.2) is 0 Å². The van der Waals surface area contributed by atoms with Crippen LogP contribution in [0.1, 0.15) is 15.9 Å². The number of nitrogens with one attached hydrogen (secondary N) is 1. The normalized spacial score (nSPS) is 11.4. The molecule has 0 aromatic heterocycles. The summed E-state index contributed by atoms with van der Waals surface area (Å²) in [6.45, 7) is 0. The third-order valence-corrected chi connectivity index (χ3v) is 5.48. The van der Waals surface area contributed by atoms with Crippen LogP contribution in [0.4, 0.5) is 0 Å². The zero-order valence-electron chi connectivity index (χ0n) is 14.7. The second-order valence-electron chi connectivity index (χ2n) is 5.74. The number of hydrazone groups is 1. The summed E-state index contributed by atoms with van der Waals surface area (Å²) in [4.78, 5) is 12.1. The molecule has 0 aliphatic carbocycles. The molecule has 29 heavy (non-hydrogen) atoms. The van der Waals surface area contributed by atoms with Crippen molar-refractivity contribution in [2.75, 3.05) is 0 Å². The number of carbonyl (C=O) groups excluding carboxylic acids is 1. The average Bonchev–Trinajstić information content (AvgIpc) is 2.69. The van der Waals surface area contributed by atoms with Gasteiger partial charge in [0.1, 0.15) is 10.6 Å². The molecular formula is C20H14Cl2N2O4S. The standard InChI is InChI=1S/C20H14Cl2N2O4S/c21-15-8-11-18(19(22)12-15)20(25)24-23-13-14-6-9-16(10-7-14)28-29(26,27)17-4-2-1-3-5-17/h1-13H,(H,24,25)/b23-13-. The SMILES string of the molecule is O=C(N/N=C\c1ccc(OS(=O)(=O)c2ccccc2)cc1)c1ccc(Cl)cc1Cl. The van der Waals surface area contributed by atoms with E-state index in [1.165, 1.54) is 42.6 Å². The van der Waals surface area contributed by atoms with Gasteiger partial charge in [0.25, 0.3) is 5.91 Å². The Kier molecular flexibility index (Phi) is 6.53. The van der Waals surface area contributed by atoms with Crippen LogP contribution in [0.5, 0.6) is 5.75 Å². The van der Waals surface area contributed by atoms with Gasteiger partial charge in [-0.1, -0.05) is 41.4 Å². The van der Waals surface area contributed by atoms with E-state index in [4.69, 9.17) is 27.4 Å². The monoisotopic (exact) mass is 448 g/mol. The molecule has 0 unspecified atom stereocenters. The van der Waals surface area contributed by atoms with Gasteiger partial charge in [0.05, 0.1) is 16.8 Å². The molecule has 0 saturated heterocycles. The van der Waals surface area contributed by atoms with Crippen LogP contribution in [-0.2, 0) is 10.1 Å². The number of rotatable bonds is 6. The Morgan fingerprint density at radius 2 is 1.66 bits per heavy atom. The van der Waals surface area contributed by atoms with Gasteiger partial charge in [-0.05, 0) is 60.2 Å². The third kappa shape index (κ3) is 5.57. The molecule has 1 amide bonds. The molecule has 3 rings (SSSR count). The van der Waals surface area contributed by atoms with Gasteiger partial charge in [-0.25, -0.2) is 5.43 Å². The van der Waals surface area contributed by atoms with Gasteiger partial charge in [0.2, 0.25) is 0 Å². The van der Waals surface area contributed by atoms with Gasteiger partial charge in [0, 0.05) is 5.02 Å². The van der Waals surface area contributed by atoms with E-state index in [2.05, 4.69) is 10.5 Å². The van der Waals surface area contributed by atoms with Crippen LogP contribution >= 0.6 is 23.2 Å². The van der Waals surface area contributed by atoms with Crippen LogP contribution in [0.25, 0.3) is 0 Å². The molecule has 0 bridgehead atoms. The van der Waals surface area contributed by atoms with Gasteiger partial charge in [-0.3, -0.25) is 4.79 Å². The number of halogens is 2. The van der Waals surface area contributed by atoms with Crippen molar-refractivity contribution in [2.45, 2.75) is 4.90 Å². The van der Waals surface area contributed by atoms with E-state index < -0.39 is 16.0 Å². The zero-order chi connectivity index (χ0) is 20.9. The summed E-state index contributed by atoms with van der Waals surface area (Å²) in [5.74, 6) is -0.334. The summed E-state index contributed by atoms with van der Waals surface area (Å²) in [5.41, 5.74) is 3.22. The van der Waals surface area contributed by atoms with Crippen molar-refractivity contribution in [3.63, 3.8) is 0 Å². The summed E-state index contributed by atoms with van der Waals surface area (Å²) in [5, 5.41) is 4.50. The Hall–Kier alpha value is -2.87. The quantitative estimate of drug-likeness (QED) is 0.341. The fraction of sp³-hybridized carbons (Fsp3) is 0. The van der Waals surface area contributed by atoms with Crippen molar-refractivity contribution in [3.05, 3.63) is 94.0 Å². The molecule has 0 heterocycles. The van der Waals surface area contributed by atoms with Gasteiger partial charge >= 0.3 is 10.1 Å². The number of hydrogen-bond donors (Lipinski definition) is 1. The van der Waals surface area contributed by atoms with E-state index in [0.717, 1.165) is 0 Å². The summed E-state index contributed by atoms with van der Waals surface area (Å²) >= 11 is 11.8. The smallest absolute Gasteiger partial charge is 0.339 e. The van der Waals surface area contributed by atoms with Crippen LogP contribution in [0.2, 0.25) is 10.0 Å². The Morgan fingerprint density at radius 3 is 2.31 bits per heavy atom. The maximum absolute atomic E-state index is 12.2. The van der Waals surface area contributed by atoms with Crippen molar-refractivity contribution in [3.8, 4) is 5.75 Å². The lowest BCUT2D eigenvalue weighted by Crippen LogP contribution is -2.18. The molecule has 0 aliphatic heterocycles. The molecule has 0 fully saturated rings. The van der Waals surface area contributed by atoms with E-state index in [9.17, 15) is 13.2 Å². The van der Waals surface area contributed by atoms with E-state index in [-0.39, 0.29) is 21.2 Å². The number of amides is 1. The molecule has 3 aromatic rings.